The predicted molar refractivity (Wildman–Crippen MR) is 75.4 cm³/mol. The number of benzene rings is 2. The number of rotatable bonds is 2. The van der Waals surface area contributed by atoms with E-state index >= 15 is 0 Å². The highest BCUT2D eigenvalue weighted by atomic mass is 79.9. The normalized spacial score (nSPS) is 10.1. The molecule has 0 bridgehead atoms. The molecule has 2 rings (SSSR count). The van der Waals surface area contributed by atoms with E-state index in [0.29, 0.717) is 4.47 Å². The Bertz CT molecular complexity index is 685. The van der Waals surface area contributed by atoms with Crippen LogP contribution in [0.1, 0.15) is 5.56 Å². The molecule has 0 atom stereocenters. The fraction of sp³-hybridized carbons (Fsp3) is 0. The predicted octanol–water partition coefficient (Wildman–Crippen LogP) is 5.56. The van der Waals surface area contributed by atoms with Gasteiger partial charge in [-0.05, 0) is 34.1 Å². The van der Waals surface area contributed by atoms with Gasteiger partial charge in [-0.3, -0.25) is 0 Å². The summed E-state index contributed by atoms with van der Waals surface area (Å²) in [6.45, 7) is 0. The Morgan fingerprint density at radius 3 is 2.58 bits per heavy atom. The molecule has 2 aromatic rings. The lowest BCUT2D eigenvalue weighted by atomic mass is 10.2. The first kappa shape index (κ1) is 14.1. The zero-order chi connectivity index (χ0) is 14.0. The largest absolute Gasteiger partial charge is 0.455 e. The van der Waals surface area contributed by atoms with Crippen LogP contribution in [0.2, 0.25) is 10.0 Å². The Hall–Kier alpha value is -1.28. The van der Waals surface area contributed by atoms with Crippen LogP contribution < -0.4 is 4.74 Å². The van der Waals surface area contributed by atoms with E-state index in [1.165, 1.54) is 6.07 Å². The molecule has 0 aromatic heterocycles. The number of hydrogen-bond acceptors (Lipinski definition) is 2. The average molecular weight is 361 g/mol. The van der Waals surface area contributed by atoms with Crippen molar-refractivity contribution in [3.63, 3.8) is 0 Å². The summed E-state index contributed by atoms with van der Waals surface area (Å²) in [5.74, 6) is -0.154. The van der Waals surface area contributed by atoms with Gasteiger partial charge in [0, 0.05) is 6.07 Å². The molecule has 0 radical (unpaired) electrons. The molecule has 0 saturated carbocycles. The first-order valence-electron chi connectivity index (χ1n) is 5.04. The molecular formula is C13H5BrCl2FNO. The van der Waals surface area contributed by atoms with Crippen molar-refractivity contribution in [2.45, 2.75) is 0 Å². The SMILES string of the molecule is N#Cc1c(Cl)cccc1Oc1cc(F)c(Cl)cc1Br. The van der Waals surface area contributed by atoms with Gasteiger partial charge in [0.25, 0.3) is 0 Å². The molecular weight excluding hydrogens is 356 g/mol. The van der Waals surface area contributed by atoms with Crippen LogP contribution in [0.3, 0.4) is 0 Å². The first-order chi connectivity index (χ1) is 9.02. The number of nitriles is 1. The van der Waals surface area contributed by atoms with E-state index in [1.807, 2.05) is 6.07 Å². The molecule has 0 unspecified atom stereocenters. The molecule has 0 N–H and O–H groups in total. The minimum absolute atomic E-state index is 0.0224. The van der Waals surface area contributed by atoms with E-state index < -0.39 is 5.82 Å². The topological polar surface area (TPSA) is 33.0 Å². The minimum Gasteiger partial charge on any atom is -0.455 e. The molecule has 2 nitrogen and oxygen atoms in total. The summed E-state index contributed by atoms with van der Waals surface area (Å²) in [5, 5.41) is 9.27. The van der Waals surface area contributed by atoms with Gasteiger partial charge in [-0.1, -0.05) is 29.3 Å². The second-order valence-corrected chi connectivity index (χ2v) is 5.19. The van der Waals surface area contributed by atoms with Gasteiger partial charge in [-0.15, -0.1) is 0 Å². The van der Waals surface area contributed by atoms with Crippen molar-refractivity contribution in [2.75, 3.05) is 0 Å². The number of halogens is 4. The van der Waals surface area contributed by atoms with Gasteiger partial charge < -0.3 is 4.74 Å². The van der Waals surface area contributed by atoms with Crippen LogP contribution in [0.15, 0.2) is 34.8 Å². The van der Waals surface area contributed by atoms with E-state index in [2.05, 4.69) is 15.9 Å². The fourth-order valence-electron chi connectivity index (χ4n) is 1.40. The average Bonchev–Trinajstić information content (AvgIpc) is 2.36. The van der Waals surface area contributed by atoms with Gasteiger partial charge in [0.15, 0.2) is 0 Å². The summed E-state index contributed by atoms with van der Waals surface area (Å²) in [6, 6.07) is 9.23. The first-order valence-corrected chi connectivity index (χ1v) is 6.59. The van der Waals surface area contributed by atoms with Crippen molar-refractivity contribution in [2.24, 2.45) is 0 Å². The fourth-order valence-corrected chi connectivity index (χ4v) is 2.33. The molecule has 0 aliphatic rings. The van der Waals surface area contributed by atoms with Crippen LogP contribution in [-0.2, 0) is 0 Å². The van der Waals surface area contributed by atoms with E-state index in [4.69, 9.17) is 33.2 Å². The summed E-state index contributed by atoms with van der Waals surface area (Å²) in [7, 11) is 0. The lowest BCUT2D eigenvalue weighted by molar-refractivity contribution is 0.472. The Morgan fingerprint density at radius 2 is 1.89 bits per heavy atom. The van der Waals surface area contributed by atoms with Crippen molar-refractivity contribution in [3.8, 4) is 17.6 Å². The maximum atomic E-state index is 13.4. The highest BCUT2D eigenvalue weighted by Crippen LogP contribution is 2.36. The summed E-state index contributed by atoms with van der Waals surface area (Å²) in [4.78, 5) is 0. The molecule has 0 fully saturated rings. The summed E-state index contributed by atoms with van der Waals surface area (Å²) in [5.41, 5.74) is 0.187. The van der Waals surface area contributed by atoms with Crippen LogP contribution >= 0.6 is 39.1 Å². The summed E-state index contributed by atoms with van der Waals surface area (Å²) in [6.07, 6.45) is 0. The van der Waals surface area contributed by atoms with Crippen molar-refractivity contribution in [1.82, 2.24) is 0 Å². The molecule has 0 spiro atoms. The van der Waals surface area contributed by atoms with Crippen molar-refractivity contribution in [1.29, 1.82) is 5.26 Å². The smallest absolute Gasteiger partial charge is 0.146 e. The Labute approximate surface area is 127 Å². The van der Waals surface area contributed by atoms with Crippen LogP contribution in [0, 0.1) is 17.1 Å². The van der Waals surface area contributed by atoms with Crippen LogP contribution in [-0.4, -0.2) is 0 Å². The van der Waals surface area contributed by atoms with Gasteiger partial charge in [-0.2, -0.15) is 5.26 Å². The third-order valence-corrected chi connectivity index (χ3v) is 3.51. The molecule has 2 aromatic carbocycles. The Balaban J connectivity index is 2.45. The van der Waals surface area contributed by atoms with Crippen molar-refractivity contribution < 1.29 is 9.13 Å². The van der Waals surface area contributed by atoms with Crippen molar-refractivity contribution >= 4 is 39.1 Å². The van der Waals surface area contributed by atoms with E-state index in [0.717, 1.165) is 6.07 Å². The standard InChI is InChI=1S/C13H5BrCl2FNO/c14-8-4-10(16)11(17)5-13(8)19-12-3-1-2-9(15)7(12)6-18/h1-5H. The van der Waals surface area contributed by atoms with Gasteiger partial charge in [-0.25, -0.2) is 4.39 Å². The molecule has 0 heterocycles. The molecule has 19 heavy (non-hydrogen) atoms. The number of ether oxygens (including phenoxy) is 1. The molecule has 0 saturated heterocycles. The number of nitrogens with zero attached hydrogens (tertiary/aromatic N) is 1. The second kappa shape index (κ2) is 5.79. The lowest BCUT2D eigenvalue weighted by Crippen LogP contribution is -1.91. The maximum Gasteiger partial charge on any atom is 0.146 e. The van der Waals surface area contributed by atoms with Gasteiger partial charge in [0.05, 0.1) is 14.5 Å². The molecule has 0 amide bonds. The molecule has 0 aliphatic carbocycles. The zero-order valence-corrected chi connectivity index (χ0v) is 12.4. The van der Waals surface area contributed by atoms with Crippen LogP contribution in [0.5, 0.6) is 11.5 Å². The third kappa shape index (κ3) is 3.01. The lowest BCUT2D eigenvalue weighted by Gasteiger charge is -2.10. The third-order valence-electron chi connectivity index (χ3n) is 2.28. The maximum absolute atomic E-state index is 13.4. The summed E-state index contributed by atoms with van der Waals surface area (Å²) < 4.78 is 19.4. The summed E-state index contributed by atoms with van der Waals surface area (Å²) >= 11 is 14.7. The van der Waals surface area contributed by atoms with Crippen LogP contribution in [0.25, 0.3) is 0 Å². The molecule has 0 aliphatic heterocycles. The van der Waals surface area contributed by atoms with E-state index in [1.54, 1.807) is 18.2 Å². The highest BCUT2D eigenvalue weighted by Gasteiger charge is 2.12. The second-order valence-electron chi connectivity index (χ2n) is 3.52. The minimum atomic E-state index is -0.611. The number of hydrogen-bond donors (Lipinski definition) is 0. The van der Waals surface area contributed by atoms with E-state index in [9.17, 15) is 4.39 Å². The Morgan fingerprint density at radius 1 is 1.16 bits per heavy atom. The monoisotopic (exact) mass is 359 g/mol. The van der Waals surface area contributed by atoms with Crippen LogP contribution in [0.4, 0.5) is 4.39 Å². The zero-order valence-electron chi connectivity index (χ0n) is 9.25. The Kier molecular flexibility index (Phi) is 4.31. The highest BCUT2D eigenvalue weighted by molar-refractivity contribution is 9.10. The van der Waals surface area contributed by atoms with Gasteiger partial charge in [0.1, 0.15) is 28.9 Å². The molecule has 6 heteroatoms. The van der Waals surface area contributed by atoms with Crippen molar-refractivity contribution in [3.05, 3.63) is 56.2 Å². The van der Waals surface area contributed by atoms with Gasteiger partial charge in [0.2, 0.25) is 0 Å². The van der Waals surface area contributed by atoms with E-state index in [-0.39, 0.29) is 27.1 Å². The quantitative estimate of drug-likeness (QED) is 0.657. The molecule has 96 valence electrons. The van der Waals surface area contributed by atoms with Gasteiger partial charge >= 0.3 is 0 Å².